The summed E-state index contributed by atoms with van der Waals surface area (Å²) in [6, 6.07) is 16.3. The molecular formula is C24H15BrI2N2O5. The number of esters is 1. The number of halogens is 3. The van der Waals surface area contributed by atoms with Gasteiger partial charge in [-0.15, -0.1) is 0 Å². The van der Waals surface area contributed by atoms with Crippen LogP contribution in [0.3, 0.4) is 0 Å². The molecule has 3 aromatic carbocycles. The fourth-order valence-electron chi connectivity index (χ4n) is 3.32. The van der Waals surface area contributed by atoms with Gasteiger partial charge in [0.2, 0.25) is 5.90 Å². The van der Waals surface area contributed by atoms with Crippen molar-refractivity contribution in [2.75, 3.05) is 0 Å². The zero-order chi connectivity index (χ0) is 24.4. The number of rotatable bonds is 6. The van der Waals surface area contributed by atoms with Crippen LogP contribution in [0.15, 0.2) is 69.8 Å². The number of carbonyl (C=O) groups is 1. The Morgan fingerprint density at radius 2 is 1.85 bits per heavy atom. The van der Waals surface area contributed by atoms with Crippen molar-refractivity contribution in [1.29, 1.82) is 0 Å². The molecule has 0 unspecified atom stereocenters. The molecule has 1 aliphatic heterocycles. The number of nitro groups is 1. The first kappa shape index (κ1) is 24.8. The van der Waals surface area contributed by atoms with E-state index in [-0.39, 0.29) is 17.3 Å². The largest absolute Gasteiger partial charge is 0.487 e. The van der Waals surface area contributed by atoms with Gasteiger partial charge in [0.25, 0.3) is 5.69 Å². The summed E-state index contributed by atoms with van der Waals surface area (Å²) < 4.78 is 14.1. The van der Waals surface area contributed by atoms with Crippen molar-refractivity contribution in [3.05, 3.63) is 104 Å². The fraction of sp³-hybridized carbons (Fsp3) is 0.0833. The highest BCUT2D eigenvalue weighted by Gasteiger charge is 2.27. The van der Waals surface area contributed by atoms with E-state index in [0.29, 0.717) is 17.7 Å². The van der Waals surface area contributed by atoms with Gasteiger partial charge in [-0.25, -0.2) is 9.79 Å². The molecule has 0 aromatic heterocycles. The first-order valence-corrected chi connectivity index (χ1v) is 12.8. The van der Waals surface area contributed by atoms with Gasteiger partial charge >= 0.3 is 5.97 Å². The minimum Gasteiger partial charge on any atom is -0.487 e. The number of ether oxygens (including phenoxy) is 2. The molecule has 0 fully saturated rings. The highest BCUT2D eigenvalue weighted by atomic mass is 127. The SMILES string of the molecule is Cc1c(C2=N/C(=C\c3cc(I)c(OCc4cccc(Br)c4)c(I)c3)C(=O)O2)cccc1[N+](=O)[O-]. The Labute approximate surface area is 230 Å². The Morgan fingerprint density at radius 3 is 2.53 bits per heavy atom. The molecule has 1 aliphatic rings. The topological polar surface area (TPSA) is 91.0 Å². The standard InChI is InChI=1S/C24H15BrI2N2O5/c1-13-17(6-3-7-21(13)29(31)32)23-28-20(24(30)34-23)11-15-9-18(26)22(19(27)10-15)33-12-14-4-2-5-16(25)8-14/h2-11H,12H2,1H3/b20-11-. The molecule has 0 aliphatic carbocycles. The molecule has 0 atom stereocenters. The lowest BCUT2D eigenvalue weighted by Gasteiger charge is -2.12. The van der Waals surface area contributed by atoms with Crippen molar-refractivity contribution in [1.82, 2.24) is 0 Å². The molecule has 0 bridgehead atoms. The van der Waals surface area contributed by atoms with E-state index in [9.17, 15) is 14.9 Å². The quantitative estimate of drug-likeness (QED) is 0.0912. The monoisotopic (exact) mass is 744 g/mol. The molecule has 10 heteroatoms. The second-order valence-corrected chi connectivity index (χ2v) is 10.5. The van der Waals surface area contributed by atoms with Gasteiger partial charge in [0, 0.05) is 21.7 Å². The van der Waals surface area contributed by atoms with Gasteiger partial charge in [-0.1, -0.05) is 34.1 Å². The second-order valence-electron chi connectivity index (χ2n) is 7.28. The van der Waals surface area contributed by atoms with Crippen molar-refractivity contribution < 1.29 is 19.2 Å². The molecule has 34 heavy (non-hydrogen) atoms. The van der Waals surface area contributed by atoms with Crippen LogP contribution in [-0.2, 0) is 16.1 Å². The van der Waals surface area contributed by atoms with Crippen LogP contribution in [0.4, 0.5) is 5.69 Å². The molecule has 0 N–H and O–H groups in total. The number of benzene rings is 3. The lowest BCUT2D eigenvalue weighted by Crippen LogP contribution is -2.08. The zero-order valence-electron chi connectivity index (χ0n) is 17.6. The summed E-state index contributed by atoms with van der Waals surface area (Å²) in [6.07, 6.45) is 1.63. The van der Waals surface area contributed by atoms with Crippen LogP contribution < -0.4 is 4.74 Å². The summed E-state index contributed by atoms with van der Waals surface area (Å²) in [5.74, 6) is 0.199. The molecule has 0 radical (unpaired) electrons. The Hall–Kier alpha value is -2.32. The third-order valence-corrected chi connectivity index (χ3v) is 7.04. The number of aliphatic imine (C=N–C) groups is 1. The number of hydrogen-bond donors (Lipinski definition) is 0. The molecular weight excluding hydrogens is 730 g/mol. The predicted octanol–water partition coefficient (Wildman–Crippen LogP) is 6.80. The number of hydrogen-bond acceptors (Lipinski definition) is 6. The van der Waals surface area contributed by atoms with E-state index in [0.717, 1.165) is 28.5 Å². The van der Waals surface area contributed by atoms with Crippen LogP contribution in [0.25, 0.3) is 6.08 Å². The van der Waals surface area contributed by atoms with E-state index in [1.807, 2.05) is 36.4 Å². The Bertz CT molecular complexity index is 1360. The van der Waals surface area contributed by atoms with Crippen molar-refractivity contribution >= 4 is 84.7 Å². The average molecular weight is 745 g/mol. The number of cyclic esters (lactones) is 1. The van der Waals surface area contributed by atoms with Crippen LogP contribution in [0.1, 0.15) is 22.3 Å². The number of nitrogens with zero attached hydrogens (tertiary/aromatic N) is 2. The fourth-order valence-corrected chi connectivity index (χ4v) is 5.89. The van der Waals surface area contributed by atoms with Crippen LogP contribution in [0.5, 0.6) is 5.75 Å². The minimum atomic E-state index is -0.610. The van der Waals surface area contributed by atoms with Gasteiger partial charge in [-0.3, -0.25) is 10.1 Å². The average Bonchev–Trinajstić information content (AvgIpc) is 3.13. The van der Waals surface area contributed by atoms with E-state index in [1.165, 1.54) is 12.1 Å². The van der Waals surface area contributed by atoms with Crippen molar-refractivity contribution in [3.63, 3.8) is 0 Å². The molecule has 0 saturated carbocycles. The van der Waals surface area contributed by atoms with Crippen LogP contribution in [-0.4, -0.2) is 16.8 Å². The van der Waals surface area contributed by atoms with Gasteiger partial charge < -0.3 is 9.47 Å². The van der Waals surface area contributed by atoms with Crippen molar-refractivity contribution in [3.8, 4) is 5.75 Å². The second kappa shape index (κ2) is 10.5. The van der Waals surface area contributed by atoms with Gasteiger partial charge in [0.1, 0.15) is 12.4 Å². The maximum Gasteiger partial charge on any atom is 0.363 e. The lowest BCUT2D eigenvalue weighted by atomic mass is 10.1. The summed E-state index contributed by atoms with van der Waals surface area (Å²) in [5, 5.41) is 11.2. The molecule has 7 nitrogen and oxygen atoms in total. The van der Waals surface area contributed by atoms with Gasteiger partial charge in [0.15, 0.2) is 5.70 Å². The Kier molecular flexibility index (Phi) is 7.67. The summed E-state index contributed by atoms with van der Waals surface area (Å²) >= 11 is 7.86. The van der Waals surface area contributed by atoms with Crippen LogP contribution >= 0.6 is 61.1 Å². The normalized spacial score (nSPS) is 14.2. The predicted molar refractivity (Wildman–Crippen MR) is 149 cm³/mol. The Morgan fingerprint density at radius 1 is 1.15 bits per heavy atom. The van der Waals surface area contributed by atoms with E-state index in [4.69, 9.17) is 9.47 Å². The van der Waals surface area contributed by atoms with Crippen molar-refractivity contribution in [2.45, 2.75) is 13.5 Å². The summed E-state index contributed by atoms with van der Waals surface area (Å²) in [7, 11) is 0. The smallest absolute Gasteiger partial charge is 0.363 e. The molecule has 3 aromatic rings. The maximum atomic E-state index is 12.4. The molecule has 4 rings (SSSR count). The highest BCUT2D eigenvalue weighted by Crippen LogP contribution is 2.32. The number of carbonyl (C=O) groups excluding carboxylic acids is 1. The van der Waals surface area contributed by atoms with Gasteiger partial charge in [-0.2, -0.15) is 0 Å². The molecule has 1 heterocycles. The van der Waals surface area contributed by atoms with E-state index >= 15 is 0 Å². The third kappa shape index (κ3) is 5.49. The highest BCUT2D eigenvalue weighted by molar-refractivity contribution is 14.1. The lowest BCUT2D eigenvalue weighted by molar-refractivity contribution is -0.385. The molecule has 172 valence electrons. The first-order chi connectivity index (χ1) is 16.2. The Balaban J connectivity index is 1.59. The maximum absolute atomic E-state index is 12.4. The molecule has 0 spiro atoms. The number of nitro benzene ring substituents is 1. The van der Waals surface area contributed by atoms with E-state index in [1.54, 1.807) is 19.1 Å². The summed E-state index contributed by atoms with van der Waals surface area (Å²) in [6.45, 7) is 2.03. The van der Waals surface area contributed by atoms with Crippen LogP contribution in [0, 0.1) is 24.2 Å². The van der Waals surface area contributed by atoms with Crippen molar-refractivity contribution in [2.24, 2.45) is 4.99 Å². The molecule has 0 amide bonds. The van der Waals surface area contributed by atoms with E-state index < -0.39 is 10.9 Å². The van der Waals surface area contributed by atoms with Gasteiger partial charge in [0.05, 0.1) is 12.1 Å². The minimum absolute atomic E-state index is 0.0517. The summed E-state index contributed by atoms with van der Waals surface area (Å²) in [5.41, 5.74) is 2.66. The third-order valence-electron chi connectivity index (χ3n) is 4.95. The molecule has 0 saturated heterocycles. The van der Waals surface area contributed by atoms with Gasteiger partial charge in [-0.05, 0) is 99.6 Å². The zero-order valence-corrected chi connectivity index (χ0v) is 23.5. The van der Waals surface area contributed by atoms with Crippen LogP contribution in [0.2, 0.25) is 0 Å². The first-order valence-electron chi connectivity index (χ1n) is 9.86. The summed E-state index contributed by atoms with van der Waals surface area (Å²) in [4.78, 5) is 27.5. The van der Waals surface area contributed by atoms with E-state index in [2.05, 4.69) is 66.1 Å².